The highest BCUT2D eigenvalue weighted by Gasteiger charge is 2.13. The summed E-state index contributed by atoms with van der Waals surface area (Å²) in [5.41, 5.74) is 4.01. The summed E-state index contributed by atoms with van der Waals surface area (Å²) in [6.45, 7) is 8.74. The molecule has 0 spiro atoms. The molecule has 1 N–H and O–H groups in total. The van der Waals surface area contributed by atoms with Crippen LogP contribution in [-0.2, 0) is 11.3 Å². The van der Waals surface area contributed by atoms with E-state index in [-0.39, 0.29) is 5.91 Å². The Hall–Kier alpha value is -2.53. The van der Waals surface area contributed by atoms with Crippen molar-refractivity contribution in [2.45, 2.75) is 31.5 Å². The molecule has 0 saturated heterocycles. The first kappa shape index (κ1) is 18.3. The summed E-state index contributed by atoms with van der Waals surface area (Å²) in [7, 11) is 0. The maximum atomic E-state index is 12.5. The van der Waals surface area contributed by atoms with E-state index in [1.807, 2.05) is 48.5 Å². The SMILES string of the molecule is C=CCn1c(SCC(=O)Nc2ccccc2C(C)C)nc2ccccc21. The van der Waals surface area contributed by atoms with Crippen LogP contribution in [0.25, 0.3) is 11.0 Å². The minimum atomic E-state index is -0.0275. The Bertz CT molecular complexity index is 930. The summed E-state index contributed by atoms with van der Waals surface area (Å²) in [6.07, 6.45) is 1.84. The Labute approximate surface area is 158 Å². The van der Waals surface area contributed by atoms with E-state index in [2.05, 4.69) is 41.4 Å². The van der Waals surface area contributed by atoms with E-state index in [1.54, 1.807) is 0 Å². The molecule has 26 heavy (non-hydrogen) atoms. The summed E-state index contributed by atoms with van der Waals surface area (Å²) >= 11 is 1.45. The topological polar surface area (TPSA) is 46.9 Å². The van der Waals surface area contributed by atoms with Crippen molar-refractivity contribution in [3.63, 3.8) is 0 Å². The molecule has 0 aliphatic heterocycles. The lowest BCUT2D eigenvalue weighted by molar-refractivity contribution is -0.113. The van der Waals surface area contributed by atoms with Gasteiger partial charge in [-0.25, -0.2) is 4.98 Å². The van der Waals surface area contributed by atoms with E-state index in [0.717, 1.165) is 27.4 Å². The second-order valence-electron chi connectivity index (χ2n) is 6.36. The van der Waals surface area contributed by atoms with Crippen molar-refractivity contribution < 1.29 is 4.79 Å². The summed E-state index contributed by atoms with van der Waals surface area (Å²) in [6, 6.07) is 15.9. The number of anilines is 1. The standard InChI is InChI=1S/C21H23N3OS/c1-4-13-24-19-12-8-7-11-18(19)23-21(24)26-14-20(25)22-17-10-6-5-9-16(17)15(2)3/h4-12,15H,1,13-14H2,2-3H3,(H,22,25). The number of amides is 1. The molecule has 1 amide bonds. The fourth-order valence-electron chi connectivity index (χ4n) is 2.90. The zero-order chi connectivity index (χ0) is 18.5. The van der Waals surface area contributed by atoms with Crippen LogP contribution in [0, 0.1) is 0 Å². The molecule has 0 saturated carbocycles. The highest BCUT2D eigenvalue weighted by molar-refractivity contribution is 7.99. The van der Waals surface area contributed by atoms with Gasteiger partial charge in [-0.3, -0.25) is 4.79 Å². The van der Waals surface area contributed by atoms with Crippen molar-refractivity contribution in [3.05, 3.63) is 66.7 Å². The molecule has 2 aromatic carbocycles. The monoisotopic (exact) mass is 365 g/mol. The summed E-state index contributed by atoms with van der Waals surface area (Å²) in [4.78, 5) is 17.1. The predicted octanol–water partition coefficient (Wildman–Crippen LogP) is 5.08. The van der Waals surface area contributed by atoms with E-state index >= 15 is 0 Å². The van der Waals surface area contributed by atoms with Gasteiger partial charge in [0.05, 0.1) is 16.8 Å². The molecule has 3 rings (SSSR count). The summed E-state index contributed by atoms with van der Waals surface area (Å²) in [5.74, 6) is 0.642. The van der Waals surface area contributed by atoms with Gasteiger partial charge in [0.25, 0.3) is 0 Å². The van der Waals surface area contributed by atoms with E-state index < -0.39 is 0 Å². The molecule has 0 fully saturated rings. The maximum Gasteiger partial charge on any atom is 0.234 e. The molecule has 1 aromatic heterocycles. The lowest BCUT2D eigenvalue weighted by atomic mass is 10.0. The lowest BCUT2D eigenvalue weighted by Crippen LogP contribution is -2.16. The minimum absolute atomic E-state index is 0.0275. The number of thioether (sulfide) groups is 1. The van der Waals surface area contributed by atoms with Gasteiger partial charge in [-0.1, -0.05) is 62.0 Å². The third-order valence-corrected chi connectivity index (χ3v) is 5.10. The molecule has 4 nitrogen and oxygen atoms in total. The normalized spacial score (nSPS) is 11.0. The van der Waals surface area contributed by atoms with E-state index in [9.17, 15) is 4.79 Å². The zero-order valence-electron chi connectivity index (χ0n) is 15.1. The van der Waals surface area contributed by atoms with Crippen LogP contribution in [0.2, 0.25) is 0 Å². The second-order valence-corrected chi connectivity index (χ2v) is 7.30. The first-order valence-electron chi connectivity index (χ1n) is 8.68. The zero-order valence-corrected chi connectivity index (χ0v) is 15.9. The number of rotatable bonds is 7. The first-order chi connectivity index (χ1) is 12.6. The molecule has 0 aliphatic rings. The van der Waals surface area contributed by atoms with Crippen molar-refractivity contribution in [1.82, 2.24) is 9.55 Å². The van der Waals surface area contributed by atoms with Crippen LogP contribution in [0.5, 0.6) is 0 Å². The highest BCUT2D eigenvalue weighted by atomic mass is 32.2. The Morgan fingerprint density at radius 1 is 1.23 bits per heavy atom. The van der Waals surface area contributed by atoms with Gasteiger partial charge in [0.1, 0.15) is 0 Å². The highest BCUT2D eigenvalue weighted by Crippen LogP contribution is 2.26. The molecule has 0 unspecified atom stereocenters. The Kier molecular flexibility index (Phi) is 5.78. The van der Waals surface area contributed by atoms with E-state index in [1.165, 1.54) is 11.8 Å². The largest absolute Gasteiger partial charge is 0.325 e. The Balaban J connectivity index is 1.73. The number of hydrogen-bond donors (Lipinski definition) is 1. The third-order valence-electron chi connectivity index (χ3n) is 4.12. The third kappa shape index (κ3) is 3.99. The number of aromatic nitrogens is 2. The van der Waals surface area contributed by atoms with Gasteiger partial charge in [-0.15, -0.1) is 6.58 Å². The van der Waals surface area contributed by atoms with Crippen LogP contribution in [0.3, 0.4) is 0 Å². The molecule has 5 heteroatoms. The van der Waals surface area contributed by atoms with Crippen molar-refractivity contribution in [1.29, 1.82) is 0 Å². The average Bonchev–Trinajstić information content (AvgIpc) is 2.98. The fraction of sp³-hybridized carbons (Fsp3) is 0.238. The second kappa shape index (κ2) is 8.23. The molecule has 0 bridgehead atoms. The molecule has 3 aromatic rings. The van der Waals surface area contributed by atoms with E-state index in [4.69, 9.17) is 0 Å². The van der Waals surface area contributed by atoms with Crippen molar-refractivity contribution in [2.75, 3.05) is 11.1 Å². The van der Waals surface area contributed by atoms with Crippen LogP contribution >= 0.6 is 11.8 Å². The van der Waals surface area contributed by atoms with Crippen molar-refractivity contribution >= 4 is 34.4 Å². The lowest BCUT2D eigenvalue weighted by Gasteiger charge is -2.13. The van der Waals surface area contributed by atoms with Gasteiger partial charge in [0.15, 0.2) is 5.16 Å². The van der Waals surface area contributed by atoms with Gasteiger partial charge in [0.2, 0.25) is 5.91 Å². The number of benzene rings is 2. The Morgan fingerprint density at radius 3 is 2.73 bits per heavy atom. The molecule has 134 valence electrons. The number of fused-ring (bicyclic) bond motifs is 1. The van der Waals surface area contributed by atoms with Crippen LogP contribution in [0.4, 0.5) is 5.69 Å². The summed E-state index contributed by atoms with van der Waals surface area (Å²) < 4.78 is 2.09. The van der Waals surface area contributed by atoms with Gasteiger partial charge in [0, 0.05) is 12.2 Å². The van der Waals surface area contributed by atoms with Crippen molar-refractivity contribution in [2.24, 2.45) is 0 Å². The smallest absolute Gasteiger partial charge is 0.234 e. The van der Waals surface area contributed by atoms with Gasteiger partial charge in [-0.2, -0.15) is 0 Å². The van der Waals surface area contributed by atoms with Gasteiger partial charge < -0.3 is 9.88 Å². The molecular formula is C21H23N3OS. The van der Waals surface area contributed by atoms with Gasteiger partial charge in [-0.05, 0) is 29.7 Å². The summed E-state index contributed by atoms with van der Waals surface area (Å²) in [5, 5.41) is 3.86. The van der Waals surface area contributed by atoms with Gasteiger partial charge >= 0.3 is 0 Å². The fourth-order valence-corrected chi connectivity index (χ4v) is 3.72. The predicted molar refractivity (Wildman–Crippen MR) is 110 cm³/mol. The van der Waals surface area contributed by atoms with E-state index in [0.29, 0.717) is 18.2 Å². The Morgan fingerprint density at radius 2 is 1.96 bits per heavy atom. The number of carbonyl (C=O) groups is 1. The van der Waals surface area contributed by atoms with Crippen LogP contribution in [0.15, 0.2) is 66.3 Å². The van der Waals surface area contributed by atoms with Crippen LogP contribution in [-0.4, -0.2) is 21.2 Å². The molecule has 1 heterocycles. The average molecular weight is 366 g/mol. The quantitative estimate of drug-likeness (QED) is 0.469. The minimum Gasteiger partial charge on any atom is -0.325 e. The number of hydrogen-bond acceptors (Lipinski definition) is 3. The number of imidazole rings is 1. The first-order valence-corrected chi connectivity index (χ1v) is 9.66. The van der Waals surface area contributed by atoms with Crippen LogP contribution < -0.4 is 5.32 Å². The molecular weight excluding hydrogens is 342 g/mol. The number of nitrogens with zero attached hydrogens (tertiary/aromatic N) is 2. The number of allylic oxidation sites excluding steroid dienone is 1. The number of nitrogens with one attached hydrogen (secondary N) is 1. The molecule has 0 aliphatic carbocycles. The van der Waals surface area contributed by atoms with Crippen molar-refractivity contribution in [3.8, 4) is 0 Å². The molecule has 0 atom stereocenters. The maximum absolute atomic E-state index is 12.5. The van der Waals surface area contributed by atoms with Crippen LogP contribution in [0.1, 0.15) is 25.3 Å². The number of para-hydroxylation sites is 3. The molecule has 0 radical (unpaired) electrons. The number of carbonyl (C=O) groups excluding carboxylic acids is 1.